The second kappa shape index (κ2) is 9.25. The number of nitrogens with one attached hydrogen (secondary N) is 2. The maximum atomic E-state index is 12.2. The smallest absolute Gasteiger partial charge is 0.243 e. The molecule has 0 fully saturated rings. The van der Waals surface area contributed by atoms with Crippen molar-refractivity contribution in [2.24, 2.45) is 0 Å². The van der Waals surface area contributed by atoms with Crippen LogP contribution in [0.4, 0.5) is 11.4 Å². The van der Waals surface area contributed by atoms with E-state index in [2.05, 4.69) is 10.6 Å². The maximum Gasteiger partial charge on any atom is 0.243 e. The van der Waals surface area contributed by atoms with Gasteiger partial charge in [0, 0.05) is 36.9 Å². The number of anilines is 2. The van der Waals surface area contributed by atoms with Gasteiger partial charge in [-0.3, -0.25) is 9.59 Å². The number of hydrogen-bond donors (Lipinski definition) is 2. The molecule has 0 aliphatic rings. The molecule has 0 spiro atoms. The summed E-state index contributed by atoms with van der Waals surface area (Å²) in [5, 5.41) is 6.62. The van der Waals surface area contributed by atoms with E-state index in [9.17, 15) is 9.59 Å². The lowest BCUT2D eigenvalue weighted by molar-refractivity contribution is -0.128. The van der Waals surface area contributed by atoms with Crippen LogP contribution in [0.3, 0.4) is 0 Å². The van der Waals surface area contributed by atoms with E-state index in [1.165, 1.54) is 0 Å². The zero-order chi connectivity index (χ0) is 19.1. The van der Waals surface area contributed by atoms with Gasteiger partial charge >= 0.3 is 0 Å². The number of carbonyl (C=O) groups excluding carboxylic acids is 2. The highest BCUT2D eigenvalue weighted by molar-refractivity contribution is 6.31. The van der Waals surface area contributed by atoms with Crippen LogP contribution in [0.5, 0.6) is 0 Å². The predicted molar refractivity (Wildman–Crippen MR) is 107 cm³/mol. The molecule has 0 radical (unpaired) electrons. The van der Waals surface area contributed by atoms with Crippen molar-refractivity contribution in [2.75, 3.05) is 31.3 Å². The summed E-state index contributed by atoms with van der Waals surface area (Å²) in [5.41, 5.74) is 3.48. The molecule has 0 heterocycles. The Morgan fingerprint density at radius 2 is 1.85 bits per heavy atom. The van der Waals surface area contributed by atoms with E-state index in [4.69, 9.17) is 11.6 Å². The second-order valence-electron chi connectivity index (χ2n) is 6.30. The Labute approximate surface area is 159 Å². The number of nitrogens with zero attached hydrogens (tertiary/aromatic N) is 1. The first-order valence-electron chi connectivity index (χ1n) is 8.44. The van der Waals surface area contributed by atoms with Crippen molar-refractivity contribution in [1.29, 1.82) is 0 Å². The second-order valence-corrected chi connectivity index (χ2v) is 6.71. The Kier molecular flexibility index (Phi) is 7.04. The number of halogens is 1. The molecular weight excluding hydrogens is 350 g/mol. The average Bonchev–Trinajstić information content (AvgIpc) is 2.61. The Bertz CT molecular complexity index is 790. The fourth-order valence-electron chi connectivity index (χ4n) is 2.46. The Morgan fingerprint density at radius 1 is 1.12 bits per heavy atom. The van der Waals surface area contributed by atoms with Crippen molar-refractivity contribution in [3.05, 3.63) is 58.6 Å². The van der Waals surface area contributed by atoms with Gasteiger partial charge in [-0.05, 0) is 48.7 Å². The van der Waals surface area contributed by atoms with E-state index >= 15 is 0 Å². The number of carbonyl (C=O) groups is 2. The van der Waals surface area contributed by atoms with Crippen LogP contribution in [0.1, 0.15) is 17.5 Å². The average molecular weight is 374 g/mol. The van der Waals surface area contributed by atoms with Crippen LogP contribution in [0, 0.1) is 6.92 Å². The molecule has 0 aliphatic carbocycles. The van der Waals surface area contributed by atoms with Crippen LogP contribution in [-0.2, 0) is 16.0 Å². The van der Waals surface area contributed by atoms with Crippen LogP contribution >= 0.6 is 11.6 Å². The first-order chi connectivity index (χ1) is 12.4. The lowest BCUT2D eigenvalue weighted by atomic mass is 10.1. The minimum Gasteiger partial charge on any atom is -0.376 e. The normalized spacial score (nSPS) is 10.3. The predicted octanol–water partition coefficient (Wildman–Crippen LogP) is 3.72. The van der Waals surface area contributed by atoms with Gasteiger partial charge in [0.15, 0.2) is 0 Å². The fourth-order valence-corrected chi connectivity index (χ4v) is 2.63. The molecule has 2 N–H and O–H groups in total. The molecule has 138 valence electrons. The zero-order valence-electron chi connectivity index (χ0n) is 15.3. The van der Waals surface area contributed by atoms with E-state index < -0.39 is 0 Å². The number of rotatable bonds is 7. The van der Waals surface area contributed by atoms with Gasteiger partial charge in [0.1, 0.15) is 0 Å². The van der Waals surface area contributed by atoms with Crippen LogP contribution < -0.4 is 10.6 Å². The topological polar surface area (TPSA) is 61.4 Å². The van der Waals surface area contributed by atoms with Gasteiger partial charge in [0.2, 0.25) is 11.8 Å². The number of benzene rings is 2. The van der Waals surface area contributed by atoms with Crippen LogP contribution in [-0.4, -0.2) is 37.4 Å². The number of amides is 2. The third-order valence-electron chi connectivity index (χ3n) is 4.04. The van der Waals surface area contributed by atoms with Gasteiger partial charge in [0.25, 0.3) is 0 Å². The third kappa shape index (κ3) is 5.77. The molecule has 0 bridgehead atoms. The molecule has 26 heavy (non-hydrogen) atoms. The quantitative estimate of drug-likeness (QED) is 0.777. The van der Waals surface area contributed by atoms with E-state index in [0.29, 0.717) is 17.9 Å². The summed E-state index contributed by atoms with van der Waals surface area (Å²) >= 11 is 6.08. The highest BCUT2D eigenvalue weighted by Crippen LogP contribution is 2.22. The monoisotopic (exact) mass is 373 g/mol. The molecule has 0 unspecified atom stereocenters. The standard InChI is InChI=1S/C20H24ClN3O2/c1-14-17(21)8-5-9-18(14)22-13-19(25)23-16-7-4-6-15(12-16)10-11-20(26)24(2)3/h4-9,12,22H,10-11,13H2,1-3H3,(H,23,25). The summed E-state index contributed by atoms with van der Waals surface area (Å²) in [6.07, 6.45) is 1.08. The van der Waals surface area contributed by atoms with Gasteiger partial charge < -0.3 is 15.5 Å². The molecular formula is C20H24ClN3O2. The summed E-state index contributed by atoms with van der Waals surface area (Å²) in [6, 6.07) is 13.1. The Hall–Kier alpha value is -2.53. The Balaban J connectivity index is 1.89. The molecule has 0 aliphatic heterocycles. The van der Waals surface area contributed by atoms with E-state index in [0.717, 1.165) is 22.5 Å². The van der Waals surface area contributed by atoms with Gasteiger partial charge in [-0.15, -0.1) is 0 Å². The summed E-state index contributed by atoms with van der Waals surface area (Å²) in [5.74, 6) is -0.0635. The summed E-state index contributed by atoms with van der Waals surface area (Å²) in [7, 11) is 3.49. The molecule has 2 aromatic carbocycles. The molecule has 2 amide bonds. The first kappa shape index (κ1) is 19.8. The summed E-state index contributed by atoms with van der Waals surface area (Å²) < 4.78 is 0. The van der Waals surface area contributed by atoms with Crippen molar-refractivity contribution < 1.29 is 9.59 Å². The minimum absolute atomic E-state index is 0.0838. The molecule has 0 saturated heterocycles. The van der Waals surface area contributed by atoms with Gasteiger partial charge in [-0.1, -0.05) is 29.8 Å². The van der Waals surface area contributed by atoms with E-state index in [-0.39, 0.29) is 18.4 Å². The highest BCUT2D eigenvalue weighted by atomic mass is 35.5. The summed E-state index contributed by atoms with van der Waals surface area (Å²) in [6.45, 7) is 2.05. The largest absolute Gasteiger partial charge is 0.376 e. The van der Waals surface area contributed by atoms with Gasteiger partial charge in [-0.2, -0.15) is 0 Å². The van der Waals surface area contributed by atoms with Crippen molar-refractivity contribution in [3.8, 4) is 0 Å². The van der Waals surface area contributed by atoms with E-state index in [1.54, 1.807) is 19.0 Å². The zero-order valence-corrected chi connectivity index (χ0v) is 16.1. The molecule has 0 atom stereocenters. The molecule has 5 nitrogen and oxygen atoms in total. The SMILES string of the molecule is Cc1c(Cl)cccc1NCC(=O)Nc1cccc(CCC(=O)N(C)C)c1. The lowest BCUT2D eigenvalue weighted by Gasteiger charge is -2.12. The summed E-state index contributed by atoms with van der Waals surface area (Å²) in [4.78, 5) is 25.4. The van der Waals surface area contributed by atoms with Crippen molar-refractivity contribution in [3.63, 3.8) is 0 Å². The number of aryl methyl sites for hydroxylation is 1. The number of hydrogen-bond acceptors (Lipinski definition) is 3. The Morgan fingerprint density at radius 3 is 2.58 bits per heavy atom. The van der Waals surface area contributed by atoms with Gasteiger partial charge in [-0.25, -0.2) is 0 Å². The minimum atomic E-state index is -0.147. The van der Waals surface area contributed by atoms with Crippen LogP contribution in [0.15, 0.2) is 42.5 Å². The molecule has 6 heteroatoms. The van der Waals surface area contributed by atoms with E-state index in [1.807, 2.05) is 49.4 Å². The molecule has 0 aromatic heterocycles. The molecule has 2 aromatic rings. The van der Waals surface area contributed by atoms with Crippen molar-refractivity contribution in [1.82, 2.24) is 4.90 Å². The first-order valence-corrected chi connectivity index (χ1v) is 8.82. The lowest BCUT2D eigenvalue weighted by Crippen LogP contribution is -2.22. The van der Waals surface area contributed by atoms with Crippen molar-refractivity contribution >= 4 is 34.8 Å². The van der Waals surface area contributed by atoms with Crippen molar-refractivity contribution in [2.45, 2.75) is 19.8 Å². The van der Waals surface area contributed by atoms with Crippen LogP contribution in [0.2, 0.25) is 5.02 Å². The highest BCUT2D eigenvalue weighted by Gasteiger charge is 2.07. The van der Waals surface area contributed by atoms with Gasteiger partial charge in [0.05, 0.1) is 6.54 Å². The maximum absolute atomic E-state index is 12.2. The molecule has 2 rings (SSSR count). The third-order valence-corrected chi connectivity index (χ3v) is 4.45. The fraction of sp³-hybridized carbons (Fsp3) is 0.300. The van der Waals surface area contributed by atoms with Crippen LogP contribution in [0.25, 0.3) is 0 Å². The molecule has 0 saturated carbocycles.